The molecule has 73 heavy (non-hydrogen) atoms. The number of carbonyl (C=O) groups excluding carboxylic acids is 3. The fourth-order valence-electron chi connectivity index (χ4n) is 9.97. The zero-order valence-corrected chi connectivity index (χ0v) is 49.4. The molecule has 0 rings (SSSR count). The fourth-order valence-corrected chi connectivity index (χ4v) is 9.97. The van der Waals surface area contributed by atoms with Crippen LogP contribution in [0.15, 0.2) is 24.3 Å². The summed E-state index contributed by atoms with van der Waals surface area (Å²) in [5, 5.41) is 0. The van der Waals surface area contributed by atoms with Gasteiger partial charge in [0, 0.05) is 19.3 Å². The quantitative estimate of drug-likeness (QED) is 0.0261. The number of ether oxygens (including phenoxy) is 3. The van der Waals surface area contributed by atoms with E-state index in [9.17, 15) is 14.4 Å². The fraction of sp³-hybridized carbons (Fsp3) is 0.896. The van der Waals surface area contributed by atoms with Crippen LogP contribution in [0.5, 0.6) is 0 Å². The van der Waals surface area contributed by atoms with Crippen LogP contribution >= 0.6 is 0 Å². The van der Waals surface area contributed by atoms with E-state index in [1.807, 2.05) is 0 Å². The molecule has 0 radical (unpaired) electrons. The molecule has 0 aromatic carbocycles. The molecule has 0 aromatic heterocycles. The lowest BCUT2D eigenvalue weighted by molar-refractivity contribution is -0.167. The highest BCUT2D eigenvalue weighted by Crippen LogP contribution is 2.18. The smallest absolute Gasteiger partial charge is 0.306 e. The minimum atomic E-state index is -0.776. The SMILES string of the molecule is CCCCCCCC/C=C\CCCCCCCC(=O)OCC(COC(=O)CCCCCCCCCCCCCCCCCCCCCCCCCC)OC(=O)CCCCCCC/C=C\CCCCCCCCC. The summed E-state index contributed by atoms with van der Waals surface area (Å²) in [6.45, 7) is 6.69. The number of hydrogen-bond acceptors (Lipinski definition) is 6. The maximum atomic E-state index is 12.9. The monoisotopic (exact) mass is 1030 g/mol. The third-order valence-corrected chi connectivity index (χ3v) is 14.9. The number of carbonyl (C=O) groups is 3. The Kier molecular flexibility index (Phi) is 60.6. The van der Waals surface area contributed by atoms with E-state index in [-0.39, 0.29) is 31.1 Å². The van der Waals surface area contributed by atoms with Crippen molar-refractivity contribution in [3.05, 3.63) is 24.3 Å². The van der Waals surface area contributed by atoms with Crippen LogP contribution < -0.4 is 0 Å². The molecule has 0 fully saturated rings. The number of esters is 3. The van der Waals surface area contributed by atoms with Gasteiger partial charge in [0.25, 0.3) is 0 Å². The van der Waals surface area contributed by atoms with Crippen molar-refractivity contribution >= 4 is 17.9 Å². The minimum absolute atomic E-state index is 0.0723. The van der Waals surface area contributed by atoms with E-state index in [1.165, 1.54) is 257 Å². The Morgan fingerprint density at radius 1 is 0.260 bits per heavy atom. The van der Waals surface area contributed by atoms with Crippen LogP contribution in [0, 0.1) is 0 Å². The Morgan fingerprint density at radius 3 is 0.685 bits per heavy atom. The molecular formula is C67H126O6. The maximum Gasteiger partial charge on any atom is 0.306 e. The van der Waals surface area contributed by atoms with Gasteiger partial charge in [-0.05, 0) is 70.6 Å². The third kappa shape index (κ3) is 60.6. The van der Waals surface area contributed by atoms with Crippen LogP contribution in [0.1, 0.15) is 367 Å². The lowest BCUT2D eigenvalue weighted by Crippen LogP contribution is -2.30. The van der Waals surface area contributed by atoms with E-state index >= 15 is 0 Å². The average Bonchev–Trinajstić information content (AvgIpc) is 3.39. The lowest BCUT2D eigenvalue weighted by atomic mass is 10.0. The van der Waals surface area contributed by atoms with E-state index in [4.69, 9.17) is 14.2 Å². The Balaban J connectivity index is 4.26. The van der Waals surface area contributed by atoms with Crippen molar-refractivity contribution in [3.8, 4) is 0 Å². The molecule has 0 saturated heterocycles. The first-order valence-corrected chi connectivity index (χ1v) is 32.8. The maximum absolute atomic E-state index is 12.9. The Hall–Kier alpha value is -2.11. The molecule has 1 atom stereocenters. The Labute approximate surface area is 455 Å². The van der Waals surface area contributed by atoms with Crippen molar-refractivity contribution in [2.45, 2.75) is 374 Å². The molecule has 0 amide bonds. The van der Waals surface area contributed by atoms with E-state index in [0.29, 0.717) is 19.3 Å². The van der Waals surface area contributed by atoms with Crippen LogP contribution in [0.4, 0.5) is 0 Å². The molecule has 0 aliphatic rings. The van der Waals surface area contributed by atoms with Gasteiger partial charge in [0.1, 0.15) is 13.2 Å². The predicted octanol–water partition coefficient (Wildman–Crippen LogP) is 22.2. The van der Waals surface area contributed by atoms with Crippen LogP contribution in [0.25, 0.3) is 0 Å². The summed E-state index contributed by atoms with van der Waals surface area (Å²) >= 11 is 0. The number of allylic oxidation sites excluding steroid dienone is 4. The molecule has 1 unspecified atom stereocenters. The summed E-state index contributed by atoms with van der Waals surface area (Å²) in [5.41, 5.74) is 0. The molecule has 6 heteroatoms. The van der Waals surface area contributed by atoms with Gasteiger partial charge in [0.05, 0.1) is 0 Å². The Morgan fingerprint density at radius 2 is 0.452 bits per heavy atom. The topological polar surface area (TPSA) is 78.9 Å². The van der Waals surface area contributed by atoms with Crippen LogP contribution in [0.3, 0.4) is 0 Å². The largest absolute Gasteiger partial charge is 0.462 e. The first-order chi connectivity index (χ1) is 36.0. The second-order valence-corrected chi connectivity index (χ2v) is 22.4. The van der Waals surface area contributed by atoms with Gasteiger partial charge in [-0.25, -0.2) is 0 Å². The highest BCUT2D eigenvalue weighted by atomic mass is 16.6. The van der Waals surface area contributed by atoms with E-state index in [0.717, 1.165) is 70.6 Å². The molecule has 0 N–H and O–H groups in total. The van der Waals surface area contributed by atoms with Gasteiger partial charge in [-0.3, -0.25) is 14.4 Å². The van der Waals surface area contributed by atoms with Gasteiger partial charge < -0.3 is 14.2 Å². The molecule has 0 aliphatic carbocycles. The predicted molar refractivity (Wildman–Crippen MR) is 316 cm³/mol. The minimum Gasteiger partial charge on any atom is -0.462 e. The van der Waals surface area contributed by atoms with Crippen molar-refractivity contribution in [3.63, 3.8) is 0 Å². The average molecular weight is 1030 g/mol. The lowest BCUT2D eigenvalue weighted by Gasteiger charge is -2.18. The van der Waals surface area contributed by atoms with E-state index < -0.39 is 6.10 Å². The van der Waals surface area contributed by atoms with Crippen molar-refractivity contribution in [2.24, 2.45) is 0 Å². The molecule has 0 saturated carbocycles. The number of rotatable bonds is 61. The van der Waals surface area contributed by atoms with Crippen LogP contribution in [-0.4, -0.2) is 37.2 Å². The highest BCUT2D eigenvalue weighted by molar-refractivity contribution is 5.71. The summed E-state index contributed by atoms with van der Waals surface area (Å²) in [5.74, 6) is -0.863. The Bertz CT molecular complexity index is 1180. The number of hydrogen-bond donors (Lipinski definition) is 0. The summed E-state index contributed by atoms with van der Waals surface area (Å²) in [4.78, 5) is 38.3. The molecule has 6 nitrogen and oxygen atoms in total. The summed E-state index contributed by atoms with van der Waals surface area (Å²) in [6.07, 6.45) is 74.8. The normalized spacial score (nSPS) is 12.1. The highest BCUT2D eigenvalue weighted by Gasteiger charge is 2.19. The van der Waals surface area contributed by atoms with Crippen molar-refractivity contribution in [1.82, 2.24) is 0 Å². The van der Waals surface area contributed by atoms with Gasteiger partial charge >= 0.3 is 17.9 Å². The standard InChI is InChI=1S/C67H126O6/c1-4-7-10-13-16-19-22-25-28-30-31-32-33-34-35-36-37-40-42-45-48-51-54-57-60-66(69)72-63-64(62-71-65(68)59-56-53-50-47-44-41-38-27-24-21-18-15-12-9-6-3)73-67(70)61-58-55-52-49-46-43-39-29-26-23-20-17-14-11-8-5-2/h27,29,38-39,64H,4-26,28,30-37,40-63H2,1-3H3/b38-27-,39-29-. The number of unbranched alkanes of at least 4 members (excludes halogenated alkanes) is 46. The molecular weight excluding hydrogens is 901 g/mol. The van der Waals surface area contributed by atoms with Gasteiger partial charge in [-0.15, -0.1) is 0 Å². The van der Waals surface area contributed by atoms with Gasteiger partial charge in [0.15, 0.2) is 6.10 Å². The second kappa shape index (κ2) is 62.4. The zero-order valence-electron chi connectivity index (χ0n) is 49.4. The molecule has 0 bridgehead atoms. The first kappa shape index (κ1) is 70.9. The van der Waals surface area contributed by atoms with Crippen molar-refractivity contribution in [2.75, 3.05) is 13.2 Å². The van der Waals surface area contributed by atoms with Gasteiger partial charge in [-0.1, -0.05) is 302 Å². The van der Waals surface area contributed by atoms with Gasteiger partial charge in [0.2, 0.25) is 0 Å². The van der Waals surface area contributed by atoms with E-state index in [2.05, 4.69) is 45.1 Å². The second-order valence-electron chi connectivity index (χ2n) is 22.4. The summed E-state index contributed by atoms with van der Waals surface area (Å²) in [6, 6.07) is 0. The molecule has 0 aliphatic heterocycles. The summed E-state index contributed by atoms with van der Waals surface area (Å²) in [7, 11) is 0. The first-order valence-electron chi connectivity index (χ1n) is 32.8. The zero-order chi connectivity index (χ0) is 52.9. The van der Waals surface area contributed by atoms with Crippen molar-refractivity contribution < 1.29 is 28.6 Å². The third-order valence-electron chi connectivity index (χ3n) is 14.9. The van der Waals surface area contributed by atoms with E-state index in [1.54, 1.807) is 0 Å². The molecule has 430 valence electrons. The molecule has 0 heterocycles. The van der Waals surface area contributed by atoms with Crippen molar-refractivity contribution in [1.29, 1.82) is 0 Å². The molecule has 0 spiro atoms. The summed E-state index contributed by atoms with van der Waals surface area (Å²) < 4.78 is 16.9. The molecule has 0 aromatic rings. The van der Waals surface area contributed by atoms with Gasteiger partial charge in [-0.2, -0.15) is 0 Å². The van der Waals surface area contributed by atoms with Crippen LogP contribution in [-0.2, 0) is 28.6 Å². The van der Waals surface area contributed by atoms with Crippen LogP contribution in [0.2, 0.25) is 0 Å².